The van der Waals surface area contributed by atoms with Crippen LogP contribution in [0.2, 0.25) is 0 Å². The van der Waals surface area contributed by atoms with Gasteiger partial charge in [-0.3, -0.25) is 10.1 Å². The number of nitrogens with one attached hydrogen (secondary N) is 2. The number of nitro benzene ring substituents is 1. The SMILES string of the molecule is CC1(C)CCCNC1CNc1ccccc1[N+](=O)[O-]. The number of hydrogen-bond acceptors (Lipinski definition) is 4. The zero-order valence-electron chi connectivity index (χ0n) is 11.5. The van der Waals surface area contributed by atoms with Crippen LogP contribution in [0.5, 0.6) is 0 Å². The van der Waals surface area contributed by atoms with Gasteiger partial charge in [0, 0.05) is 18.7 Å². The van der Waals surface area contributed by atoms with Crippen molar-refractivity contribution in [3.8, 4) is 0 Å². The van der Waals surface area contributed by atoms with Crippen molar-refractivity contribution >= 4 is 11.4 Å². The Morgan fingerprint density at radius 2 is 2.21 bits per heavy atom. The number of para-hydroxylation sites is 2. The van der Waals surface area contributed by atoms with Gasteiger partial charge >= 0.3 is 0 Å². The first-order valence-electron chi connectivity index (χ1n) is 6.71. The molecule has 0 spiro atoms. The van der Waals surface area contributed by atoms with Gasteiger partial charge < -0.3 is 10.6 Å². The molecule has 1 unspecified atom stereocenters. The fourth-order valence-electron chi connectivity index (χ4n) is 2.61. The maximum atomic E-state index is 11.0. The predicted molar refractivity (Wildman–Crippen MR) is 76.4 cm³/mol. The quantitative estimate of drug-likeness (QED) is 0.647. The smallest absolute Gasteiger partial charge is 0.292 e. The minimum Gasteiger partial charge on any atom is -0.378 e. The second-order valence-corrected chi connectivity index (χ2v) is 5.75. The highest BCUT2D eigenvalue weighted by Gasteiger charge is 2.31. The summed E-state index contributed by atoms with van der Waals surface area (Å²) in [5.41, 5.74) is 0.946. The first-order valence-corrected chi connectivity index (χ1v) is 6.71. The third kappa shape index (κ3) is 3.23. The van der Waals surface area contributed by atoms with Crippen LogP contribution in [-0.2, 0) is 0 Å². The average Bonchev–Trinajstić information content (AvgIpc) is 2.37. The highest BCUT2D eigenvalue weighted by Crippen LogP contribution is 2.31. The summed E-state index contributed by atoms with van der Waals surface area (Å²) in [7, 11) is 0. The number of benzene rings is 1. The number of hydrogen-bond donors (Lipinski definition) is 2. The van der Waals surface area contributed by atoms with Gasteiger partial charge in [-0.15, -0.1) is 0 Å². The van der Waals surface area contributed by atoms with Crippen molar-refractivity contribution in [3.63, 3.8) is 0 Å². The molecule has 0 bridgehead atoms. The van der Waals surface area contributed by atoms with Crippen LogP contribution < -0.4 is 10.6 Å². The average molecular weight is 263 g/mol. The van der Waals surface area contributed by atoms with Gasteiger partial charge in [0.2, 0.25) is 0 Å². The van der Waals surface area contributed by atoms with E-state index < -0.39 is 0 Å². The Morgan fingerprint density at radius 1 is 1.47 bits per heavy atom. The highest BCUT2D eigenvalue weighted by molar-refractivity contribution is 5.61. The summed E-state index contributed by atoms with van der Waals surface area (Å²) < 4.78 is 0. The molecule has 0 aromatic heterocycles. The Labute approximate surface area is 113 Å². The van der Waals surface area contributed by atoms with E-state index in [1.165, 1.54) is 18.9 Å². The van der Waals surface area contributed by atoms with E-state index in [2.05, 4.69) is 24.5 Å². The lowest BCUT2D eigenvalue weighted by molar-refractivity contribution is -0.384. The zero-order chi connectivity index (χ0) is 13.9. The van der Waals surface area contributed by atoms with Gasteiger partial charge in [-0.05, 0) is 30.9 Å². The Kier molecular flexibility index (Phi) is 4.04. The first kappa shape index (κ1) is 13.8. The Hall–Kier alpha value is -1.62. The monoisotopic (exact) mass is 263 g/mol. The van der Waals surface area contributed by atoms with Crippen LogP contribution in [0, 0.1) is 15.5 Å². The molecule has 1 aliphatic heterocycles. The molecule has 0 radical (unpaired) electrons. The molecule has 0 amide bonds. The molecule has 1 aromatic carbocycles. The molecule has 0 aliphatic carbocycles. The van der Waals surface area contributed by atoms with E-state index in [1.807, 2.05) is 6.07 Å². The largest absolute Gasteiger partial charge is 0.378 e. The van der Waals surface area contributed by atoms with Crippen LogP contribution in [0.15, 0.2) is 24.3 Å². The summed E-state index contributed by atoms with van der Waals surface area (Å²) in [6, 6.07) is 7.12. The number of anilines is 1. The lowest BCUT2D eigenvalue weighted by atomic mass is 9.77. The van der Waals surface area contributed by atoms with Gasteiger partial charge in [0.1, 0.15) is 5.69 Å². The Bertz CT molecular complexity index is 460. The van der Waals surface area contributed by atoms with E-state index in [-0.39, 0.29) is 16.0 Å². The number of nitro groups is 1. The van der Waals surface area contributed by atoms with Gasteiger partial charge in [-0.1, -0.05) is 26.0 Å². The minimum absolute atomic E-state index is 0.135. The molecule has 1 aromatic rings. The molecule has 5 nitrogen and oxygen atoms in total. The second kappa shape index (κ2) is 5.57. The zero-order valence-corrected chi connectivity index (χ0v) is 11.5. The molecule has 19 heavy (non-hydrogen) atoms. The number of piperidine rings is 1. The molecular formula is C14H21N3O2. The van der Waals surface area contributed by atoms with E-state index in [9.17, 15) is 10.1 Å². The topological polar surface area (TPSA) is 67.2 Å². The number of rotatable bonds is 4. The van der Waals surface area contributed by atoms with Crippen LogP contribution in [-0.4, -0.2) is 24.1 Å². The molecule has 5 heteroatoms. The lowest BCUT2D eigenvalue weighted by Crippen LogP contribution is -2.50. The summed E-state index contributed by atoms with van der Waals surface area (Å²) in [4.78, 5) is 10.6. The van der Waals surface area contributed by atoms with Crippen LogP contribution in [0.1, 0.15) is 26.7 Å². The van der Waals surface area contributed by atoms with Crippen LogP contribution in [0.4, 0.5) is 11.4 Å². The molecule has 1 heterocycles. The van der Waals surface area contributed by atoms with E-state index in [1.54, 1.807) is 12.1 Å². The third-order valence-electron chi connectivity index (χ3n) is 3.93. The molecule has 1 saturated heterocycles. The highest BCUT2D eigenvalue weighted by atomic mass is 16.6. The van der Waals surface area contributed by atoms with Crippen LogP contribution >= 0.6 is 0 Å². The van der Waals surface area contributed by atoms with E-state index in [0.29, 0.717) is 18.3 Å². The first-order chi connectivity index (χ1) is 9.00. The minimum atomic E-state index is -0.345. The molecule has 0 saturated carbocycles. The molecule has 104 valence electrons. The molecule has 2 rings (SSSR count). The Morgan fingerprint density at radius 3 is 2.89 bits per heavy atom. The van der Waals surface area contributed by atoms with Crippen molar-refractivity contribution in [2.75, 3.05) is 18.4 Å². The van der Waals surface area contributed by atoms with Gasteiger partial charge in [0.25, 0.3) is 5.69 Å². The van der Waals surface area contributed by atoms with Gasteiger partial charge in [0.05, 0.1) is 4.92 Å². The van der Waals surface area contributed by atoms with E-state index >= 15 is 0 Å². The summed E-state index contributed by atoms with van der Waals surface area (Å²) in [6.45, 7) is 6.21. The van der Waals surface area contributed by atoms with Gasteiger partial charge in [-0.25, -0.2) is 0 Å². The molecule has 1 fully saturated rings. The van der Waals surface area contributed by atoms with Crippen LogP contribution in [0.3, 0.4) is 0 Å². The standard InChI is InChI=1S/C14H21N3O2/c1-14(2)8-5-9-15-13(14)10-16-11-6-3-4-7-12(11)17(18)19/h3-4,6-7,13,15-16H,5,8-10H2,1-2H3. The summed E-state index contributed by atoms with van der Waals surface area (Å²) in [5.74, 6) is 0. The molecule has 1 atom stereocenters. The van der Waals surface area contributed by atoms with Gasteiger partial charge in [0.15, 0.2) is 0 Å². The fraction of sp³-hybridized carbons (Fsp3) is 0.571. The molecule has 1 aliphatic rings. The van der Waals surface area contributed by atoms with Crippen molar-refractivity contribution < 1.29 is 4.92 Å². The second-order valence-electron chi connectivity index (χ2n) is 5.75. The van der Waals surface area contributed by atoms with Crippen molar-refractivity contribution in [1.82, 2.24) is 5.32 Å². The molecular weight excluding hydrogens is 242 g/mol. The predicted octanol–water partition coefficient (Wildman–Crippen LogP) is 2.78. The van der Waals surface area contributed by atoms with Crippen molar-refractivity contribution in [2.45, 2.75) is 32.7 Å². The van der Waals surface area contributed by atoms with E-state index in [4.69, 9.17) is 0 Å². The maximum absolute atomic E-state index is 11.0. The number of nitrogens with zero attached hydrogens (tertiary/aromatic N) is 1. The normalized spacial score (nSPS) is 21.9. The summed E-state index contributed by atoms with van der Waals surface area (Å²) in [6.07, 6.45) is 2.37. The third-order valence-corrected chi connectivity index (χ3v) is 3.93. The Balaban J connectivity index is 2.04. The van der Waals surface area contributed by atoms with Crippen molar-refractivity contribution in [3.05, 3.63) is 34.4 Å². The van der Waals surface area contributed by atoms with Crippen molar-refractivity contribution in [1.29, 1.82) is 0 Å². The summed E-state index contributed by atoms with van der Waals surface area (Å²) in [5, 5.41) is 17.7. The van der Waals surface area contributed by atoms with Crippen molar-refractivity contribution in [2.24, 2.45) is 5.41 Å². The van der Waals surface area contributed by atoms with E-state index in [0.717, 1.165) is 6.54 Å². The fourth-order valence-corrected chi connectivity index (χ4v) is 2.61. The van der Waals surface area contributed by atoms with Crippen LogP contribution in [0.25, 0.3) is 0 Å². The molecule has 2 N–H and O–H groups in total. The summed E-state index contributed by atoms with van der Waals surface area (Å²) >= 11 is 0. The van der Waals surface area contributed by atoms with Gasteiger partial charge in [-0.2, -0.15) is 0 Å². The lowest BCUT2D eigenvalue weighted by Gasteiger charge is -2.39. The maximum Gasteiger partial charge on any atom is 0.292 e.